The minimum atomic E-state index is -1.07. The van der Waals surface area contributed by atoms with E-state index >= 15 is 0 Å². The maximum absolute atomic E-state index is 10.8. The number of rotatable bonds is 4. The first-order chi connectivity index (χ1) is 5.50. The third-order valence-corrected chi connectivity index (χ3v) is 2.22. The van der Waals surface area contributed by atoms with Crippen molar-refractivity contribution in [3.05, 3.63) is 0 Å². The second-order valence-corrected chi connectivity index (χ2v) is 3.61. The van der Waals surface area contributed by atoms with Gasteiger partial charge in [-0.1, -0.05) is 0 Å². The van der Waals surface area contributed by atoms with Crippen LogP contribution in [0.4, 0.5) is 0 Å². The van der Waals surface area contributed by atoms with Crippen LogP contribution in [0.2, 0.25) is 0 Å². The Kier molecular flexibility index (Phi) is 2.08. The summed E-state index contributed by atoms with van der Waals surface area (Å²) < 4.78 is 0. The first-order valence-corrected chi connectivity index (χ1v) is 3.97. The first kappa shape index (κ1) is 9.03. The second-order valence-electron chi connectivity index (χ2n) is 3.61. The van der Waals surface area contributed by atoms with Gasteiger partial charge in [-0.2, -0.15) is 0 Å². The number of carbonyl (C=O) groups is 2. The number of hydrogen-bond donors (Lipinski definition) is 1. The zero-order valence-electron chi connectivity index (χ0n) is 7.28. The molecule has 4 heteroatoms. The van der Waals surface area contributed by atoms with Crippen molar-refractivity contribution in [2.45, 2.75) is 38.3 Å². The van der Waals surface area contributed by atoms with Crippen LogP contribution in [0.25, 0.3) is 0 Å². The van der Waals surface area contributed by atoms with E-state index in [2.05, 4.69) is 0 Å². The van der Waals surface area contributed by atoms with Gasteiger partial charge in [0.05, 0.1) is 0 Å². The van der Waals surface area contributed by atoms with Crippen molar-refractivity contribution in [3.8, 4) is 0 Å². The van der Waals surface area contributed by atoms with Crippen LogP contribution in [0.15, 0.2) is 0 Å². The second kappa shape index (κ2) is 2.77. The Balaban J connectivity index is 2.74. The fourth-order valence-corrected chi connectivity index (χ4v) is 1.14. The highest BCUT2D eigenvalue weighted by Crippen LogP contribution is 2.31. The van der Waals surface area contributed by atoms with Crippen LogP contribution in [0.1, 0.15) is 26.7 Å². The van der Waals surface area contributed by atoms with Gasteiger partial charge in [-0.3, -0.25) is 4.79 Å². The lowest BCUT2D eigenvalue weighted by Gasteiger charge is -2.31. The average molecular weight is 171 g/mol. The monoisotopic (exact) mass is 171 g/mol. The Morgan fingerprint density at radius 3 is 2.33 bits per heavy atom. The van der Waals surface area contributed by atoms with Gasteiger partial charge in [0.1, 0.15) is 5.54 Å². The van der Waals surface area contributed by atoms with E-state index in [0.717, 1.165) is 12.8 Å². The van der Waals surface area contributed by atoms with Crippen LogP contribution in [0, 0.1) is 0 Å². The molecule has 1 rings (SSSR count). The molecule has 0 aromatic heterocycles. The Labute approximate surface area is 71.2 Å². The van der Waals surface area contributed by atoms with Gasteiger partial charge < -0.3 is 10.0 Å². The van der Waals surface area contributed by atoms with E-state index in [-0.39, 0.29) is 6.04 Å². The molecule has 1 N–H and O–H groups in total. The highest BCUT2D eigenvalue weighted by atomic mass is 16.4. The number of carboxylic acids is 1. The summed E-state index contributed by atoms with van der Waals surface area (Å²) in [7, 11) is 0. The van der Waals surface area contributed by atoms with Crippen molar-refractivity contribution in [3.63, 3.8) is 0 Å². The zero-order chi connectivity index (χ0) is 9.35. The Hall–Kier alpha value is -1.06. The van der Waals surface area contributed by atoms with Crippen molar-refractivity contribution < 1.29 is 14.7 Å². The summed E-state index contributed by atoms with van der Waals surface area (Å²) in [6.45, 7) is 3.09. The average Bonchev–Trinajstić information content (AvgIpc) is 2.72. The molecule has 0 aromatic carbocycles. The predicted molar refractivity (Wildman–Crippen MR) is 42.6 cm³/mol. The third kappa shape index (κ3) is 1.42. The van der Waals surface area contributed by atoms with Crippen LogP contribution in [-0.2, 0) is 9.59 Å². The highest BCUT2D eigenvalue weighted by molar-refractivity contribution is 5.80. The first-order valence-electron chi connectivity index (χ1n) is 3.97. The minimum absolute atomic E-state index is 0.147. The topological polar surface area (TPSA) is 57.6 Å². The summed E-state index contributed by atoms with van der Waals surface area (Å²) in [5, 5.41) is 8.82. The number of carboxylic acid groups (broad SMARTS) is 1. The number of aliphatic carboxylic acids is 1. The van der Waals surface area contributed by atoms with Crippen molar-refractivity contribution >= 4 is 12.4 Å². The molecule has 0 radical (unpaired) electrons. The van der Waals surface area contributed by atoms with Crippen LogP contribution in [0.3, 0.4) is 0 Å². The zero-order valence-corrected chi connectivity index (χ0v) is 7.28. The van der Waals surface area contributed by atoms with E-state index in [9.17, 15) is 9.59 Å². The third-order valence-electron chi connectivity index (χ3n) is 2.22. The summed E-state index contributed by atoms with van der Waals surface area (Å²) in [6, 6.07) is 0.147. The lowest BCUT2D eigenvalue weighted by Crippen LogP contribution is -2.50. The number of amides is 1. The van der Waals surface area contributed by atoms with E-state index < -0.39 is 11.5 Å². The van der Waals surface area contributed by atoms with Gasteiger partial charge >= 0.3 is 5.97 Å². The van der Waals surface area contributed by atoms with Crippen LogP contribution >= 0.6 is 0 Å². The van der Waals surface area contributed by atoms with E-state index in [1.807, 2.05) is 0 Å². The molecule has 0 atom stereocenters. The maximum atomic E-state index is 10.8. The molecule has 0 aromatic rings. The Morgan fingerprint density at radius 1 is 1.58 bits per heavy atom. The quantitative estimate of drug-likeness (QED) is 0.625. The smallest absolute Gasteiger partial charge is 0.329 e. The van der Waals surface area contributed by atoms with Gasteiger partial charge in [-0.15, -0.1) is 0 Å². The van der Waals surface area contributed by atoms with Crippen LogP contribution in [0.5, 0.6) is 0 Å². The van der Waals surface area contributed by atoms with Gasteiger partial charge in [0.25, 0.3) is 0 Å². The molecular weight excluding hydrogens is 158 g/mol. The number of hydrogen-bond acceptors (Lipinski definition) is 2. The van der Waals surface area contributed by atoms with Crippen LogP contribution in [-0.4, -0.2) is 34.0 Å². The van der Waals surface area contributed by atoms with E-state index in [4.69, 9.17) is 5.11 Å². The molecule has 1 fully saturated rings. The molecule has 4 nitrogen and oxygen atoms in total. The minimum Gasteiger partial charge on any atom is -0.480 e. The van der Waals surface area contributed by atoms with Gasteiger partial charge in [0.2, 0.25) is 6.41 Å². The number of nitrogens with zero attached hydrogens (tertiary/aromatic N) is 1. The summed E-state index contributed by atoms with van der Waals surface area (Å²) in [6.07, 6.45) is 2.48. The highest BCUT2D eigenvalue weighted by Gasteiger charge is 2.42. The van der Waals surface area contributed by atoms with Gasteiger partial charge in [-0.05, 0) is 26.7 Å². The fraction of sp³-hybridized carbons (Fsp3) is 0.750. The lowest BCUT2D eigenvalue weighted by molar-refractivity contribution is -0.153. The van der Waals surface area contributed by atoms with Gasteiger partial charge in [0.15, 0.2) is 0 Å². The molecule has 0 bridgehead atoms. The maximum Gasteiger partial charge on any atom is 0.329 e. The molecule has 12 heavy (non-hydrogen) atoms. The molecule has 1 amide bonds. The largest absolute Gasteiger partial charge is 0.480 e. The number of carbonyl (C=O) groups excluding carboxylic acids is 1. The molecule has 0 spiro atoms. The molecule has 0 aliphatic heterocycles. The SMILES string of the molecule is CC(C)(C(=O)O)N(C=O)C1CC1. The summed E-state index contributed by atoms with van der Waals surface area (Å²) >= 11 is 0. The van der Waals surface area contributed by atoms with Crippen molar-refractivity contribution in [2.24, 2.45) is 0 Å². The van der Waals surface area contributed by atoms with Crippen LogP contribution < -0.4 is 0 Å². The summed E-state index contributed by atoms with van der Waals surface area (Å²) in [5.74, 6) is -0.957. The molecule has 0 saturated heterocycles. The molecular formula is C8H13NO3. The molecule has 0 heterocycles. The van der Waals surface area contributed by atoms with Crippen molar-refractivity contribution in [1.82, 2.24) is 4.90 Å². The van der Waals surface area contributed by atoms with Gasteiger partial charge in [0, 0.05) is 6.04 Å². The van der Waals surface area contributed by atoms with Crippen molar-refractivity contribution in [2.75, 3.05) is 0 Å². The molecule has 68 valence electrons. The fourth-order valence-electron chi connectivity index (χ4n) is 1.14. The van der Waals surface area contributed by atoms with E-state index in [1.54, 1.807) is 13.8 Å². The lowest BCUT2D eigenvalue weighted by atomic mass is 10.0. The normalized spacial score (nSPS) is 17.2. The molecule has 0 unspecified atom stereocenters. The van der Waals surface area contributed by atoms with Crippen molar-refractivity contribution in [1.29, 1.82) is 0 Å². The van der Waals surface area contributed by atoms with E-state index in [1.165, 1.54) is 4.90 Å². The predicted octanol–water partition coefficient (Wildman–Crippen LogP) is 0.470. The summed E-state index contributed by atoms with van der Waals surface area (Å²) in [5.41, 5.74) is -1.07. The molecule has 1 aliphatic carbocycles. The van der Waals surface area contributed by atoms with Gasteiger partial charge in [-0.25, -0.2) is 4.79 Å². The van der Waals surface area contributed by atoms with E-state index in [0.29, 0.717) is 6.41 Å². The Morgan fingerprint density at radius 2 is 2.08 bits per heavy atom. The standard InChI is InChI=1S/C8H13NO3/c1-8(2,7(11)12)9(5-10)6-3-4-6/h5-6H,3-4H2,1-2H3,(H,11,12). The molecule has 1 aliphatic rings. The molecule has 1 saturated carbocycles. The summed E-state index contributed by atoms with van der Waals surface area (Å²) in [4.78, 5) is 22.7. The Bertz CT molecular complexity index is 208.